The Balaban J connectivity index is 2.08. The highest BCUT2D eigenvalue weighted by molar-refractivity contribution is 7.99. The molecule has 1 N–H and O–H groups in total. The zero-order valence-corrected chi connectivity index (χ0v) is 13.2. The highest BCUT2D eigenvalue weighted by atomic mass is 32.2. The van der Waals surface area contributed by atoms with Gasteiger partial charge in [-0.1, -0.05) is 23.9 Å². The van der Waals surface area contributed by atoms with E-state index in [2.05, 4.69) is 20.2 Å². The zero-order chi connectivity index (χ0) is 15.3. The second kappa shape index (κ2) is 6.87. The molecule has 8 nitrogen and oxygen atoms in total. The van der Waals surface area contributed by atoms with Crippen molar-refractivity contribution in [3.05, 3.63) is 24.3 Å². The number of thioether (sulfide) groups is 1. The predicted molar refractivity (Wildman–Crippen MR) is 79.3 cm³/mol. The van der Waals surface area contributed by atoms with Crippen LogP contribution in [0.5, 0.6) is 5.75 Å². The molecule has 0 bridgehead atoms. The molecule has 0 spiro atoms. The smallest absolute Gasteiger partial charge is 0.214 e. The van der Waals surface area contributed by atoms with Crippen LogP contribution in [0.25, 0.3) is 5.69 Å². The maximum absolute atomic E-state index is 11.0. The number of ether oxygens (including phenoxy) is 1. The number of hydrogen-bond donors (Lipinski definition) is 1. The summed E-state index contributed by atoms with van der Waals surface area (Å²) in [6.07, 6.45) is 1.12. The van der Waals surface area contributed by atoms with E-state index in [0.717, 1.165) is 11.9 Å². The van der Waals surface area contributed by atoms with Crippen molar-refractivity contribution in [2.24, 2.45) is 0 Å². The Morgan fingerprint density at radius 1 is 1.38 bits per heavy atom. The minimum absolute atomic E-state index is 0.308. The number of sulfonamides is 1. The van der Waals surface area contributed by atoms with Crippen LogP contribution in [0.4, 0.5) is 0 Å². The van der Waals surface area contributed by atoms with Crippen molar-refractivity contribution in [2.45, 2.75) is 5.16 Å². The van der Waals surface area contributed by atoms with E-state index in [1.54, 1.807) is 11.8 Å². The third-order valence-electron chi connectivity index (χ3n) is 2.45. The van der Waals surface area contributed by atoms with Gasteiger partial charge in [0.2, 0.25) is 15.2 Å². The zero-order valence-electron chi connectivity index (χ0n) is 11.6. The third kappa shape index (κ3) is 4.41. The van der Waals surface area contributed by atoms with Crippen LogP contribution < -0.4 is 9.46 Å². The van der Waals surface area contributed by atoms with Gasteiger partial charge in [0.25, 0.3) is 0 Å². The molecule has 0 atom stereocenters. The Kier molecular flexibility index (Phi) is 5.15. The lowest BCUT2D eigenvalue weighted by Crippen LogP contribution is -2.24. The molecule has 0 saturated carbocycles. The summed E-state index contributed by atoms with van der Waals surface area (Å²) in [7, 11) is -1.60. The van der Waals surface area contributed by atoms with Crippen molar-refractivity contribution in [2.75, 3.05) is 25.7 Å². The summed E-state index contributed by atoms with van der Waals surface area (Å²) in [6.45, 7) is 0.308. The van der Waals surface area contributed by atoms with E-state index in [1.165, 1.54) is 11.8 Å². The van der Waals surface area contributed by atoms with E-state index in [1.807, 2.05) is 24.3 Å². The van der Waals surface area contributed by atoms with Crippen LogP contribution in [-0.4, -0.2) is 54.3 Å². The number of para-hydroxylation sites is 2. The van der Waals surface area contributed by atoms with Gasteiger partial charge in [-0.15, -0.1) is 5.10 Å². The molecule has 0 saturated heterocycles. The number of benzene rings is 1. The van der Waals surface area contributed by atoms with E-state index in [9.17, 15) is 8.42 Å². The van der Waals surface area contributed by atoms with E-state index >= 15 is 0 Å². The molecule has 10 heteroatoms. The molecule has 0 fully saturated rings. The second-order valence-electron chi connectivity index (χ2n) is 4.06. The molecular weight excluding hydrogens is 314 g/mol. The quantitative estimate of drug-likeness (QED) is 0.576. The molecule has 2 rings (SSSR count). The number of nitrogens with one attached hydrogen (secondary N) is 1. The van der Waals surface area contributed by atoms with E-state index in [-0.39, 0.29) is 0 Å². The molecule has 114 valence electrons. The Hall–Kier alpha value is -1.65. The van der Waals surface area contributed by atoms with E-state index in [0.29, 0.717) is 23.2 Å². The molecule has 1 heterocycles. The first-order chi connectivity index (χ1) is 10.0. The minimum atomic E-state index is -3.18. The van der Waals surface area contributed by atoms with Crippen LogP contribution in [0, 0.1) is 0 Å². The predicted octanol–water partition coefficient (Wildman–Crippen LogP) is 0.312. The molecule has 1 aromatic heterocycles. The Morgan fingerprint density at radius 3 is 2.86 bits per heavy atom. The van der Waals surface area contributed by atoms with Crippen molar-refractivity contribution >= 4 is 21.8 Å². The van der Waals surface area contributed by atoms with Gasteiger partial charge in [0.15, 0.2) is 0 Å². The first-order valence-corrected chi connectivity index (χ1v) is 8.88. The number of methoxy groups -OCH3 is 1. The summed E-state index contributed by atoms with van der Waals surface area (Å²) in [5, 5.41) is 12.1. The highest BCUT2D eigenvalue weighted by Gasteiger charge is 2.12. The van der Waals surface area contributed by atoms with Gasteiger partial charge in [-0.2, -0.15) is 4.68 Å². The maximum atomic E-state index is 11.0. The van der Waals surface area contributed by atoms with Crippen LogP contribution in [0.3, 0.4) is 0 Å². The van der Waals surface area contributed by atoms with Crippen molar-refractivity contribution in [1.82, 2.24) is 24.9 Å². The summed E-state index contributed by atoms with van der Waals surface area (Å²) in [5.74, 6) is 1.17. The molecule has 0 radical (unpaired) electrons. The summed E-state index contributed by atoms with van der Waals surface area (Å²) in [6, 6.07) is 7.37. The van der Waals surface area contributed by atoms with Gasteiger partial charge in [-0.3, -0.25) is 0 Å². The second-order valence-corrected chi connectivity index (χ2v) is 6.96. The van der Waals surface area contributed by atoms with Crippen LogP contribution in [-0.2, 0) is 10.0 Å². The fraction of sp³-hybridized carbons (Fsp3) is 0.364. The van der Waals surface area contributed by atoms with Gasteiger partial charge in [0.05, 0.1) is 13.4 Å². The van der Waals surface area contributed by atoms with Crippen LogP contribution in [0.15, 0.2) is 29.4 Å². The average Bonchev–Trinajstić information content (AvgIpc) is 2.90. The molecule has 1 aromatic carbocycles. The van der Waals surface area contributed by atoms with Crippen molar-refractivity contribution < 1.29 is 13.2 Å². The maximum Gasteiger partial charge on any atom is 0.214 e. The van der Waals surface area contributed by atoms with Crippen molar-refractivity contribution in [3.8, 4) is 11.4 Å². The molecule has 0 aliphatic rings. The van der Waals surface area contributed by atoms with Crippen molar-refractivity contribution in [3.63, 3.8) is 0 Å². The van der Waals surface area contributed by atoms with Crippen LogP contribution >= 0.6 is 11.8 Å². The molecular formula is C11H15N5O3S2. The number of nitrogens with zero attached hydrogens (tertiary/aromatic N) is 4. The lowest BCUT2D eigenvalue weighted by Gasteiger charge is -2.08. The fourth-order valence-corrected chi connectivity index (χ4v) is 2.93. The summed E-state index contributed by atoms with van der Waals surface area (Å²) < 4.78 is 31.2. The summed E-state index contributed by atoms with van der Waals surface area (Å²) in [4.78, 5) is 0. The van der Waals surface area contributed by atoms with Gasteiger partial charge >= 0.3 is 0 Å². The normalized spacial score (nSPS) is 11.5. The topological polar surface area (TPSA) is 99.0 Å². The van der Waals surface area contributed by atoms with Crippen LogP contribution in [0.1, 0.15) is 0 Å². The van der Waals surface area contributed by atoms with Gasteiger partial charge in [-0.05, 0) is 22.6 Å². The van der Waals surface area contributed by atoms with E-state index < -0.39 is 10.0 Å². The van der Waals surface area contributed by atoms with Crippen molar-refractivity contribution in [1.29, 1.82) is 0 Å². The fourth-order valence-electron chi connectivity index (χ4n) is 1.59. The molecule has 0 unspecified atom stereocenters. The molecule has 0 aliphatic heterocycles. The Labute approximate surface area is 126 Å². The number of hydrogen-bond acceptors (Lipinski definition) is 7. The Bertz CT molecular complexity index is 701. The van der Waals surface area contributed by atoms with Crippen LogP contribution in [0.2, 0.25) is 0 Å². The SMILES string of the molecule is COc1ccccc1-n1nnnc1SCCNS(C)(=O)=O. The first kappa shape index (κ1) is 15.7. The Morgan fingerprint density at radius 2 is 2.14 bits per heavy atom. The minimum Gasteiger partial charge on any atom is -0.494 e. The molecule has 0 amide bonds. The molecule has 2 aromatic rings. The lowest BCUT2D eigenvalue weighted by atomic mass is 10.3. The standard InChI is InChI=1S/C11H15N5O3S2/c1-19-10-6-4-3-5-9(10)16-11(13-14-15-16)20-8-7-12-21(2,17)18/h3-6,12H,7-8H2,1-2H3. The van der Waals surface area contributed by atoms with E-state index in [4.69, 9.17) is 4.74 Å². The van der Waals surface area contributed by atoms with Gasteiger partial charge in [0.1, 0.15) is 11.4 Å². The average molecular weight is 329 g/mol. The summed E-state index contributed by atoms with van der Waals surface area (Å²) >= 11 is 1.35. The molecule has 0 aliphatic carbocycles. The number of aromatic nitrogens is 4. The molecule has 21 heavy (non-hydrogen) atoms. The van der Waals surface area contributed by atoms with Gasteiger partial charge in [-0.25, -0.2) is 13.1 Å². The third-order valence-corrected chi connectivity index (χ3v) is 4.10. The summed E-state index contributed by atoms with van der Waals surface area (Å²) in [5.41, 5.74) is 0.726. The lowest BCUT2D eigenvalue weighted by molar-refractivity contribution is 0.410. The number of tetrazole rings is 1. The first-order valence-electron chi connectivity index (χ1n) is 6.00. The highest BCUT2D eigenvalue weighted by Crippen LogP contribution is 2.25. The van der Waals surface area contributed by atoms with Gasteiger partial charge < -0.3 is 4.74 Å². The monoisotopic (exact) mass is 329 g/mol. The largest absolute Gasteiger partial charge is 0.494 e. The number of rotatable bonds is 7. The van der Waals surface area contributed by atoms with Gasteiger partial charge in [0, 0.05) is 12.3 Å².